The van der Waals surface area contributed by atoms with Crippen LogP contribution in [0.2, 0.25) is 0 Å². The van der Waals surface area contributed by atoms with E-state index in [4.69, 9.17) is 0 Å². The fourth-order valence-electron chi connectivity index (χ4n) is 0.882. The van der Waals surface area contributed by atoms with Crippen molar-refractivity contribution in [1.82, 2.24) is 4.98 Å². The van der Waals surface area contributed by atoms with Crippen LogP contribution in [0, 0.1) is 0 Å². The van der Waals surface area contributed by atoms with E-state index in [1.807, 2.05) is 6.08 Å². The molecule has 1 heterocycles. The largest absolute Gasteiger partial charge is 0.327 e. The highest BCUT2D eigenvalue weighted by molar-refractivity contribution is 9.10. The quantitative estimate of drug-likeness (QED) is 0.804. The highest BCUT2D eigenvalue weighted by Gasteiger charge is 1.94. The molecule has 0 fully saturated rings. The number of hydrogen-bond donors (Lipinski definition) is 2. The number of allylic oxidation sites excluding steroid dienone is 1. The van der Waals surface area contributed by atoms with Crippen LogP contribution in [-0.4, -0.2) is 10.7 Å². The molecule has 0 unspecified atom stereocenters. The second kappa shape index (κ2) is 5.29. The maximum atomic E-state index is 11.2. The predicted octanol–water partition coefficient (Wildman–Crippen LogP) is 2.47. The van der Waals surface area contributed by atoms with Crippen molar-refractivity contribution >= 4 is 34.6 Å². The number of pyridine rings is 1. The van der Waals surface area contributed by atoms with Crippen molar-refractivity contribution in [2.75, 3.05) is 5.75 Å². The normalized spacial score (nSPS) is 10.9. The van der Waals surface area contributed by atoms with E-state index >= 15 is 0 Å². The number of thiol groups is 1. The Kier molecular flexibility index (Phi) is 4.32. The number of aromatic amines is 1. The first-order valence-electron chi connectivity index (χ1n) is 3.89. The first-order chi connectivity index (χ1) is 6.24. The molecule has 0 amide bonds. The highest BCUT2D eigenvalue weighted by atomic mass is 79.9. The molecule has 0 atom stereocenters. The summed E-state index contributed by atoms with van der Waals surface area (Å²) in [5, 5.41) is 0. The van der Waals surface area contributed by atoms with E-state index in [-0.39, 0.29) is 5.56 Å². The fraction of sp³-hybridized carbons (Fsp3) is 0.222. The Labute approximate surface area is 90.6 Å². The molecule has 0 saturated carbocycles. The van der Waals surface area contributed by atoms with Crippen LogP contribution in [0.25, 0.3) is 6.08 Å². The zero-order valence-corrected chi connectivity index (χ0v) is 9.44. The van der Waals surface area contributed by atoms with E-state index in [9.17, 15) is 4.79 Å². The molecule has 0 aliphatic rings. The van der Waals surface area contributed by atoms with Gasteiger partial charge in [0.1, 0.15) is 0 Å². The predicted molar refractivity (Wildman–Crippen MR) is 62.3 cm³/mol. The van der Waals surface area contributed by atoms with Gasteiger partial charge in [-0.15, -0.1) is 0 Å². The maximum Gasteiger partial charge on any atom is 0.255 e. The molecule has 2 nitrogen and oxygen atoms in total. The smallest absolute Gasteiger partial charge is 0.255 e. The Balaban J connectivity index is 2.87. The second-order valence-electron chi connectivity index (χ2n) is 2.52. The Morgan fingerprint density at radius 2 is 2.38 bits per heavy atom. The Morgan fingerprint density at radius 3 is 3.08 bits per heavy atom. The minimum atomic E-state index is -0.0707. The maximum absolute atomic E-state index is 11.2. The van der Waals surface area contributed by atoms with Gasteiger partial charge in [-0.25, -0.2) is 0 Å². The van der Waals surface area contributed by atoms with E-state index in [0.717, 1.165) is 16.6 Å². The lowest BCUT2D eigenvalue weighted by Gasteiger charge is -1.93. The molecule has 0 aliphatic carbocycles. The molecule has 1 rings (SSSR count). The van der Waals surface area contributed by atoms with Crippen LogP contribution in [0.1, 0.15) is 12.0 Å². The van der Waals surface area contributed by atoms with Gasteiger partial charge in [0.05, 0.1) is 0 Å². The van der Waals surface area contributed by atoms with Gasteiger partial charge in [-0.1, -0.05) is 12.2 Å². The molecule has 0 spiro atoms. The lowest BCUT2D eigenvalue weighted by molar-refractivity contribution is 1.20. The first kappa shape index (κ1) is 10.6. The van der Waals surface area contributed by atoms with Crippen molar-refractivity contribution in [3.8, 4) is 0 Å². The summed E-state index contributed by atoms with van der Waals surface area (Å²) in [6.45, 7) is 0. The molecule has 0 aromatic carbocycles. The summed E-state index contributed by atoms with van der Waals surface area (Å²) >= 11 is 7.35. The summed E-state index contributed by atoms with van der Waals surface area (Å²) in [5.41, 5.74) is 0.592. The minimum absolute atomic E-state index is 0.0707. The monoisotopic (exact) mass is 259 g/mol. The SMILES string of the molecule is O=c1[nH]cc(Br)cc1C=CCCS. The number of H-pyrrole nitrogens is 1. The van der Waals surface area contributed by atoms with Crippen LogP contribution in [-0.2, 0) is 0 Å². The van der Waals surface area contributed by atoms with Crippen molar-refractivity contribution in [2.24, 2.45) is 0 Å². The van der Waals surface area contributed by atoms with E-state index in [1.54, 1.807) is 18.3 Å². The van der Waals surface area contributed by atoms with Crippen LogP contribution in [0.15, 0.2) is 27.6 Å². The molecule has 0 saturated heterocycles. The standard InChI is InChI=1S/C9H10BrNOS/c10-8-5-7(3-1-2-4-13)9(12)11-6-8/h1,3,5-6,13H,2,4H2,(H,11,12). The summed E-state index contributed by atoms with van der Waals surface area (Å²) in [7, 11) is 0. The third-order valence-electron chi connectivity index (χ3n) is 1.49. The molecular formula is C9H10BrNOS. The van der Waals surface area contributed by atoms with Gasteiger partial charge in [-0.2, -0.15) is 12.6 Å². The third-order valence-corrected chi connectivity index (χ3v) is 2.21. The Hall–Kier alpha value is -0.480. The minimum Gasteiger partial charge on any atom is -0.327 e. The van der Waals surface area contributed by atoms with E-state index in [2.05, 4.69) is 33.5 Å². The molecular weight excluding hydrogens is 250 g/mol. The number of aromatic nitrogens is 1. The summed E-state index contributed by atoms with van der Waals surface area (Å²) in [5.74, 6) is 0.794. The van der Waals surface area contributed by atoms with Crippen molar-refractivity contribution in [1.29, 1.82) is 0 Å². The molecule has 4 heteroatoms. The van der Waals surface area contributed by atoms with Gasteiger partial charge in [0.15, 0.2) is 0 Å². The van der Waals surface area contributed by atoms with Crippen LogP contribution < -0.4 is 5.56 Å². The van der Waals surface area contributed by atoms with Crippen LogP contribution >= 0.6 is 28.6 Å². The fourth-order valence-corrected chi connectivity index (χ4v) is 1.39. The second-order valence-corrected chi connectivity index (χ2v) is 3.88. The van der Waals surface area contributed by atoms with Gasteiger partial charge < -0.3 is 4.98 Å². The Bertz CT molecular complexity index is 359. The van der Waals surface area contributed by atoms with Crippen LogP contribution in [0.4, 0.5) is 0 Å². The number of hydrogen-bond acceptors (Lipinski definition) is 2. The molecule has 0 bridgehead atoms. The number of halogens is 1. The molecule has 0 radical (unpaired) electrons. The summed E-state index contributed by atoms with van der Waals surface area (Å²) in [6.07, 6.45) is 6.23. The van der Waals surface area contributed by atoms with Gasteiger partial charge >= 0.3 is 0 Å². The molecule has 70 valence electrons. The van der Waals surface area contributed by atoms with Gasteiger partial charge in [0.25, 0.3) is 5.56 Å². The summed E-state index contributed by atoms with van der Waals surface area (Å²) in [6, 6.07) is 1.79. The zero-order valence-electron chi connectivity index (χ0n) is 6.96. The average Bonchev–Trinajstić information content (AvgIpc) is 2.11. The van der Waals surface area contributed by atoms with Crippen LogP contribution in [0.3, 0.4) is 0 Å². The molecule has 13 heavy (non-hydrogen) atoms. The first-order valence-corrected chi connectivity index (χ1v) is 5.32. The summed E-state index contributed by atoms with van der Waals surface area (Å²) < 4.78 is 0.873. The zero-order chi connectivity index (χ0) is 9.68. The molecule has 1 aromatic heterocycles. The lowest BCUT2D eigenvalue weighted by atomic mass is 10.2. The highest BCUT2D eigenvalue weighted by Crippen LogP contribution is 2.07. The van der Waals surface area contributed by atoms with Gasteiger partial charge in [0, 0.05) is 16.2 Å². The number of rotatable bonds is 3. The van der Waals surface area contributed by atoms with Crippen molar-refractivity contribution in [3.63, 3.8) is 0 Å². The molecule has 1 N–H and O–H groups in total. The third kappa shape index (κ3) is 3.40. The van der Waals surface area contributed by atoms with E-state index in [0.29, 0.717) is 5.56 Å². The van der Waals surface area contributed by atoms with E-state index in [1.165, 1.54) is 0 Å². The van der Waals surface area contributed by atoms with Crippen LogP contribution in [0.5, 0.6) is 0 Å². The lowest BCUT2D eigenvalue weighted by Crippen LogP contribution is -2.07. The topological polar surface area (TPSA) is 32.9 Å². The van der Waals surface area contributed by atoms with Crippen molar-refractivity contribution in [2.45, 2.75) is 6.42 Å². The van der Waals surface area contributed by atoms with Gasteiger partial charge in [-0.3, -0.25) is 4.79 Å². The summed E-state index contributed by atoms with van der Waals surface area (Å²) in [4.78, 5) is 13.8. The van der Waals surface area contributed by atoms with Gasteiger partial charge in [-0.05, 0) is 34.2 Å². The molecule has 0 aliphatic heterocycles. The Morgan fingerprint density at radius 1 is 1.62 bits per heavy atom. The molecule has 1 aromatic rings. The van der Waals surface area contributed by atoms with Gasteiger partial charge in [0.2, 0.25) is 0 Å². The average molecular weight is 260 g/mol. The number of nitrogens with one attached hydrogen (secondary N) is 1. The van der Waals surface area contributed by atoms with Crippen molar-refractivity contribution < 1.29 is 0 Å². The van der Waals surface area contributed by atoms with E-state index < -0.39 is 0 Å². The van der Waals surface area contributed by atoms with Crippen molar-refractivity contribution in [3.05, 3.63) is 38.7 Å².